The summed E-state index contributed by atoms with van der Waals surface area (Å²) in [6, 6.07) is 27.0. The van der Waals surface area contributed by atoms with Crippen LogP contribution < -0.4 is 0 Å². The van der Waals surface area contributed by atoms with Crippen LogP contribution in [0.5, 0.6) is 0 Å². The molecular weight excluding hydrogens is 371 g/mol. The molecule has 1 aliphatic rings. The maximum absolute atomic E-state index is 14.2. The molecule has 1 atom stereocenters. The van der Waals surface area contributed by atoms with Gasteiger partial charge in [-0.2, -0.15) is 13.2 Å². The van der Waals surface area contributed by atoms with Crippen molar-refractivity contribution in [1.29, 1.82) is 0 Å². The topological polar surface area (TPSA) is 12.9 Å². The average Bonchev–Trinajstić information content (AvgIpc) is 3.08. The van der Waals surface area contributed by atoms with Crippen LogP contribution in [0.1, 0.15) is 28.2 Å². The average molecular weight is 387 g/mol. The fourth-order valence-corrected chi connectivity index (χ4v) is 4.16. The molecule has 0 saturated heterocycles. The van der Waals surface area contributed by atoms with E-state index in [0.29, 0.717) is 17.0 Å². The van der Waals surface area contributed by atoms with Gasteiger partial charge in [-0.25, -0.2) is 4.98 Å². The van der Waals surface area contributed by atoms with E-state index in [1.54, 1.807) is 24.3 Å². The van der Waals surface area contributed by atoms with E-state index in [2.05, 4.69) is 0 Å². The molecule has 142 valence electrons. The summed E-state index contributed by atoms with van der Waals surface area (Å²) in [5.41, 5.74) is 3.50. The molecule has 0 amide bonds. The summed E-state index contributed by atoms with van der Waals surface area (Å²) in [4.78, 5) is 4.71. The van der Waals surface area contributed by atoms with Crippen LogP contribution in [0.25, 0.3) is 22.5 Å². The first-order valence-corrected chi connectivity index (χ1v) is 9.36. The van der Waals surface area contributed by atoms with Gasteiger partial charge in [0.2, 0.25) is 0 Å². The zero-order chi connectivity index (χ0) is 20.0. The number of hydrogen-bond acceptors (Lipinski definition) is 1. The van der Waals surface area contributed by atoms with E-state index in [1.807, 2.05) is 60.7 Å². The minimum absolute atomic E-state index is 0.240. The first-order valence-electron chi connectivity index (χ1n) is 9.36. The van der Waals surface area contributed by atoms with Gasteiger partial charge in [-0.1, -0.05) is 84.9 Å². The molecule has 3 aromatic carbocycles. The first kappa shape index (κ1) is 17.7. The van der Waals surface area contributed by atoms with Gasteiger partial charge in [-0.3, -0.25) is 0 Å². The van der Waals surface area contributed by atoms with Crippen molar-refractivity contribution in [3.63, 3.8) is 0 Å². The summed E-state index contributed by atoms with van der Waals surface area (Å²) in [6.45, 7) is 0. The second-order valence-corrected chi connectivity index (χ2v) is 7.11. The Hall–Kier alpha value is -3.40. The molecule has 1 aromatic heterocycles. The Bertz CT molecular complexity index is 1180. The molecule has 1 aliphatic carbocycles. The smallest absolute Gasteiger partial charge is 0.247 e. The fourth-order valence-electron chi connectivity index (χ4n) is 4.16. The molecule has 0 N–H and O–H groups in total. The molecule has 0 spiro atoms. The maximum Gasteiger partial charge on any atom is 0.416 e. The predicted molar refractivity (Wildman–Crippen MR) is 107 cm³/mol. The number of rotatable bonds is 2. The van der Waals surface area contributed by atoms with Gasteiger partial charge in [0, 0.05) is 22.6 Å². The number of benzene rings is 3. The van der Waals surface area contributed by atoms with E-state index in [1.165, 1.54) is 6.07 Å². The van der Waals surface area contributed by atoms with Crippen LogP contribution in [0.15, 0.2) is 91.0 Å². The number of hydrogen-bond donors (Lipinski definition) is 0. The van der Waals surface area contributed by atoms with Crippen molar-refractivity contribution in [1.82, 2.24) is 4.98 Å². The molecule has 1 unspecified atom stereocenters. The van der Waals surface area contributed by atoms with E-state index >= 15 is 0 Å². The van der Waals surface area contributed by atoms with Gasteiger partial charge in [0.15, 0.2) is 0 Å². The molecule has 29 heavy (non-hydrogen) atoms. The number of halogens is 3. The van der Waals surface area contributed by atoms with Crippen molar-refractivity contribution < 1.29 is 13.2 Å². The van der Waals surface area contributed by atoms with Crippen LogP contribution in [0.4, 0.5) is 13.2 Å². The second kappa shape index (κ2) is 6.59. The molecule has 0 radical (unpaired) electrons. The van der Waals surface area contributed by atoms with Gasteiger partial charge in [0.1, 0.15) is 0 Å². The molecule has 1 nitrogen and oxygen atoms in total. The van der Waals surface area contributed by atoms with Crippen molar-refractivity contribution in [3.05, 3.63) is 113 Å². The predicted octanol–water partition coefficient (Wildman–Crippen LogP) is 6.93. The van der Waals surface area contributed by atoms with Crippen LogP contribution in [0, 0.1) is 0 Å². The van der Waals surface area contributed by atoms with Crippen LogP contribution in [-0.4, -0.2) is 4.98 Å². The number of aromatic nitrogens is 1. The van der Waals surface area contributed by atoms with Crippen molar-refractivity contribution in [2.24, 2.45) is 0 Å². The lowest BCUT2D eigenvalue weighted by Crippen LogP contribution is -2.13. The first-order chi connectivity index (χ1) is 14.0. The lowest BCUT2D eigenvalue weighted by atomic mass is 9.87. The van der Waals surface area contributed by atoms with Crippen molar-refractivity contribution >= 4 is 0 Å². The Balaban J connectivity index is 1.85. The summed E-state index contributed by atoms with van der Waals surface area (Å²) in [6.07, 6.45) is -4.48. The lowest BCUT2D eigenvalue weighted by Gasteiger charge is -2.20. The summed E-state index contributed by atoms with van der Waals surface area (Å²) in [5.74, 6) is -0.489. The molecule has 1 heterocycles. The molecule has 0 fully saturated rings. The van der Waals surface area contributed by atoms with E-state index < -0.39 is 17.7 Å². The van der Waals surface area contributed by atoms with Crippen molar-refractivity contribution in [2.75, 3.05) is 0 Å². The minimum atomic E-state index is -4.48. The largest absolute Gasteiger partial charge is 0.416 e. The summed E-state index contributed by atoms with van der Waals surface area (Å²) < 4.78 is 42.7. The van der Waals surface area contributed by atoms with E-state index in [9.17, 15) is 13.2 Å². The van der Waals surface area contributed by atoms with Crippen LogP contribution in [-0.2, 0) is 6.18 Å². The third kappa shape index (κ3) is 2.92. The Morgan fingerprint density at radius 2 is 1.34 bits per heavy atom. The van der Waals surface area contributed by atoms with Gasteiger partial charge in [0.05, 0.1) is 17.0 Å². The van der Waals surface area contributed by atoms with Crippen LogP contribution in [0.3, 0.4) is 0 Å². The SMILES string of the molecule is FC(F)(F)c1cc(-c2ccccc2)nc2c1C(c1ccccc1)c1ccccc1-2. The van der Waals surface area contributed by atoms with Gasteiger partial charge < -0.3 is 0 Å². The Morgan fingerprint density at radius 1 is 0.724 bits per heavy atom. The van der Waals surface area contributed by atoms with Gasteiger partial charge >= 0.3 is 6.18 Å². The molecule has 0 saturated carbocycles. The third-order valence-corrected chi connectivity index (χ3v) is 5.38. The highest BCUT2D eigenvalue weighted by Gasteiger charge is 2.42. The fraction of sp³-hybridized carbons (Fsp3) is 0.0800. The normalized spacial score (nSPS) is 15.1. The monoisotopic (exact) mass is 387 g/mol. The summed E-state index contributed by atoms with van der Waals surface area (Å²) in [7, 11) is 0. The molecule has 4 aromatic rings. The highest BCUT2D eigenvalue weighted by molar-refractivity contribution is 5.81. The quantitative estimate of drug-likeness (QED) is 0.320. The number of nitrogens with zero attached hydrogens (tertiary/aromatic N) is 1. The van der Waals surface area contributed by atoms with Gasteiger partial charge in [-0.05, 0) is 17.2 Å². The summed E-state index contributed by atoms with van der Waals surface area (Å²) >= 11 is 0. The van der Waals surface area contributed by atoms with Crippen molar-refractivity contribution in [3.8, 4) is 22.5 Å². The number of fused-ring (bicyclic) bond motifs is 3. The van der Waals surface area contributed by atoms with Gasteiger partial charge in [0.25, 0.3) is 0 Å². The van der Waals surface area contributed by atoms with Crippen molar-refractivity contribution in [2.45, 2.75) is 12.1 Å². The highest BCUT2D eigenvalue weighted by Crippen LogP contribution is 2.52. The van der Waals surface area contributed by atoms with E-state index in [4.69, 9.17) is 4.98 Å². The number of pyridine rings is 1. The molecular formula is C25H16F3N. The molecule has 5 rings (SSSR count). The Kier molecular flexibility index (Phi) is 4.02. The zero-order valence-electron chi connectivity index (χ0n) is 15.3. The minimum Gasteiger partial charge on any atom is -0.247 e. The molecule has 0 aliphatic heterocycles. The van der Waals surface area contributed by atoms with Gasteiger partial charge in [-0.15, -0.1) is 0 Å². The second-order valence-electron chi connectivity index (χ2n) is 7.11. The van der Waals surface area contributed by atoms with Crippen LogP contribution in [0.2, 0.25) is 0 Å². The highest BCUT2D eigenvalue weighted by atomic mass is 19.4. The third-order valence-electron chi connectivity index (χ3n) is 5.38. The van der Waals surface area contributed by atoms with E-state index in [0.717, 1.165) is 16.7 Å². The standard InChI is InChI=1S/C25H16F3N/c26-25(27,28)20-15-21(16-9-3-1-4-10-16)29-24-19-14-8-7-13-18(19)22(23(20)24)17-11-5-2-6-12-17/h1-15,22H. The van der Waals surface area contributed by atoms with E-state index in [-0.39, 0.29) is 5.56 Å². The zero-order valence-corrected chi connectivity index (χ0v) is 15.3. The van der Waals surface area contributed by atoms with Crippen LogP contribution >= 0.6 is 0 Å². The Morgan fingerprint density at radius 3 is 2.03 bits per heavy atom. The maximum atomic E-state index is 14.2. The lowest BCUT2D eigenvalue weighted by molar-refractivity contribution is -0.138. The summed E-state index contributed by atoms with van der Waals surface area (Å²) in [5, 5.41) is 0. The Labute approximate surface area is 166 Å². The molecule has 4 heteroatoms. The number of alkyl halides is 3. The molecule has 0 bridgehead atoms.